The van der Waals surface area contributed by atoms with E-state index < -0.39 is 0 Å². The number of benzene rings is 1. The standard InChI is InChI=1S/C17H19N3O/c1-11(2)12-7-8-14(21-3)13(10-12)16-17(18)20-9-5-4-6-15(20)19-16/h4-11H,18H2,1-3H3. The van der Waals surface area contributed by atoms with Crippen LogP contribution in [0.3, 0.4) is 0 Å². The molecular formula is C17H19N3O. The predicted molar refractivity (Wildman–Crippen MR) is 85.7 cm³/mol. The average molecular weight is 281 g/mol. The number of methoxy groups -OCH3 is 1. The van der Waals surface area contributed by atoms with Crippen molar-refractivity contribution in [3.63, 3.8) is 0 Å². The molecule has 0 aliphatic carbocycles. The summed E-state index contributed by atoms with van der Waals surface area (Å²) in [5.74, 6) is 1.85. The van der Waals surface area contributed by atoms with Crippen LogP contribution in [0, 0.1) is 0 Å². The van der Waals surface area contributed by atoms with Crippen LogP contribution in [-0.2, 0) is 0 Å². The van der Waals surface area contributed by atoms with Crippen LogP contribution >= 0.6 is 0 Å². The van der Waals surface area contributed by atoms with Crippen molar-refractivity contribution in [1.29, 1.82) is 0 Å². The van der Waals surface area contributed by atoms with Crippen molar-refractivity contribution in [3.8, 4) is 17.0 Å². The lowest BCUT2D eigenvalue weighted by atomic mass is 9.99. The van der Waals surface area contributed by atoms with Crippen molar-refractivity contribution in [2.24, 2.45) is 0 Å². The molecule has 4 nitrogen and oxygen atoms in total. The maximum absolute atomic E-state index is 6.27. The molecule has 0 aliphatic rings. The zero-order valence-electron chi connectivity index (χ0n) is 12.5. The lowest BCUT2D eigenvalue weighted by Crippen LogP contribution is -1.97. The van der Waals surface area contributed by atoms with Crippen molar-refractivity contribution in [2.75, 3.05) is 12.8 Å². The van der Waals surface area contributed by atoms with Crippen molar-refractivity contribution in [3.05, 3.63) is 48.2 Å². The van der Waals surface area contributed by atoms with Gasteiger partial charge in [0, 0.05) is 11.8 Å². The van der Waals surface area contributed by atoms with Gasteiger partial charge in [0.1, 0.15) is 22.9 Å². The summed E-state index contributed by atoms with van der Waals surface area (Å²) in [7, 11) is 1.67. The van der Waals surface area contributed by atoms with Crippen LogP contribution in [0.1, 0.15) is 25.3 Å². The van der Waals surface area contributed by atoms with E-state index in [1.807, 2.05) is 34.9 Å². The molecule has 3 aromatic rings. The monoisotopic (exact) mass is 281 g/mol. The molecule has 0 saturated carbocycles. The van der Waals surface area contributed by atoms with Crippen LogP contribution in [0.5, 0.6) is 5.75 Å². The van der Waals surface area contributed by atoms with Gasteiger partial charge in [0.05, 0.1) is 7.11 Å². The molecule has 21 heavy (non-hydrogen) atoms. The number of nitrogen functional groups attached to an aromatic ring is 1. The molecule has 0 fully saturated rings. The zero-order valence-corrected chi connectivity index (χ0v) is 12.5. The molecule has 0 bridgehead atoms. The quantitative estimate of drug-likeness (QED) is 0.796. The number of nitrogens with two attached hydrogens (primary N) is 1. The highest BCUT2D eigenvalue weighted by molar-refractivity contribution is 5.79. The Morgan fingerprint density at radius 3 is 2.67 bits per heavy atom. The van der Waals surface area contributed by atoms with E-state index in [-0.39, 0.29) is 0 Å². The first-order chi connectivity index (χ1) is 10.1. The zero-order chi connectivity index (χ0) is 15.0. The lowest BCUT2D eigenvalue weighted by molar-refractivity contribution is 0.416. The smallest absolute Gasteiger partial charge is 0.139 e. The molecule has 0 unspecified atom stereocenters. The van der Waals surface area contributed by atoms with Gasteiger partial charge in [-0.25, -0.2) is 4.98 Å². The number of hydrogen-bond acceptors (Lipinski definition) is 3. The van der Waals surface area contributed by atoms with Gasteiger partial charge in [-0.2, -0.15) is 0 Å². The second-order valence-corrected chi connectivity index (χ2v) is 5.39. The summed E-state index contributed by atoms with van der Waals surface area (Å²) in [4.78, 5) is 4.65. The molecule has 2 heterocycles. The summed E-state index contributed by atoms with van der Waals surface area (Å²) in [5, 5.41) is 0. The second kappa shape index (κ2) is 5.13. The van der Waals surface area contributed by atoms with Crippen LogP contribution in [-0.4, -0.2) is 16.5 Å². The first-order valence-electron chi connectivity index (χ1n) is 7.02. The SMILES string of the molecule is COc1ccc(C(C)C)cc1-c1nc2ccccn2c1N. The molecule has 2 aromatic heterocycles. The summed E-state index contributed by atoms with van der Waals surface area (Å²) in [6.45, 7) is 4.33. The van der Waals surface area contributed by atoms with Crippen molar-refractivity contribution in [1.82, 2.24) is 9.38 Å². The minimum Gasteiger partial charge on any atom is -0.496 e. The Balaban J connectivity index is 2.26. The van der Waals surface area contributed by atoms with E-state index in [4.69, 9.17) is 10.5 Å². The molecule has 1 aromatic carbocycles. The Hall–Kier alpha value is -2.49. The number of hydrogen-bond donors (Lipinski definition) is 1. The van der Waals surface area contributed by atoms with Crippen LogP contribution in [0.4, 0.5) is 5.82 Å². The highest BCUT2D eigenvalue weighted by Crippen LogP contribution is 2.35. The minimum absolute atomic E-state index is 0.438. The molecule has 0 amide bonds. The lowest BCUT2D eigenvalue weighted by Gasteiger charge is -2.12. The highest BCUT2D eigenvalue weighted by atomic mass is 16.5. The van der Waals surface area contributed by atoms with Gasteiger partial charge in [-0.15, -0.1) is 0 Å². The largest absolute Gasteiger partial charge is 0.496 e. The van der Waals surface area contributed by atoms with Gasteiger partial charge in [-0.05, 0) is 35.7 Å². The average Bonchev–Trinajstić information content (AvgIpc) is 2.84. The van der Waals surface area contributed by atoms with E-state index in [2.05, 4.69) is 31.0 Å². The van der Waals surface area contributed by atoms with Gasteiger partial charge in [0.25, 0.3) is 0 Å². The van der Waals surface area contributed by atoms with E-state index in [9.17, 15) is 0 Å². The van der Waals surface area contributed by atoms with Crippen LogP contribution in [0.15, 0.2) is 42.6 Å². The summed E-state index contributed by atoms with van der Waals surface area (Å²) in [6.07, 6.45) is 1.92. The molecular weight excluding hydrogens is 262 g/mol. The topological polar surface area (TPSA) is 52.5 Å². The third-order valence-electron chi connectivity index (χ3n) is 3.71. The van der Waals surface area contributed by atoms with E-state index in [1.165, 1.54) is 5.56 Å². The van der Waals surface area contributed by atoms with Gasteiger partial charge < -0.3 is 10.5 Å². The third kappa shape index (κ3) is 2.23. The Bertz CT molecular complexity index is 790. The summed E-state index contributed by atoms with van der Waals surface area (Å²) in [6, 6.07) is 12.0. The number of anilines is 1. The van der Waals surface area contributed by atoms with Gasteiger partial charge in [0.15, 0.2) is 0 Å². The van der Waals surface area contributed by atoms with Crippen LogP contribution in [0.25, 0.3) is 16.9 Å². The maximum atomic E-state index is 6.27. The Kier molecular flexibility index (Phi) is 3.29. The first-order valence-corrected chi connectivity index (χ1v) is 7.02. The highest BCUT2D eigenvalue weighted by Gasteiger charge is 2.16. The second-order valence-electron chi connectivity index (χ2n) is 5.39. The van der Waals surface area contributed by atoms with Gasteiger partial charge in [-0.1, -0.05) is 26.0 Å². The Labute approximate surface area is 124 Å². The third-order valence-corrected chi connectivity index (χ3v) is 3.71. The fourth-order valence-electron chi connectivity index (χ4n) is 2.48. The summed E-state index contributed by atoms with van der Waals surface area (Å²) in [5.41, 5.74) is 10.0. The molecule has 108 valence electrons. The van der Waals surface area contributed by atoms with Crippen molar-refractivity contribution >= 4 is 11.5 Å². The molecule has 3 rings (SSSR count). The number of aromatic nitrogens is 2. The number of rotatable bonds is 3. The predicted octanol–water partition coefficient (Wildman–Crippen LogP) is 3.72. The van der Waals surface area contributed by atoms with Gasteiger partial charge in [0.2, 0.25) is 0 Å². The molecule has 0 aliphatic heterocycles. The summed E-state index contributed by atoms with van der Waals surface area (Å²) < 4.78 is 7.37. The first kappa shape index (κ1) is 13.5. The number of fused-ring (bicyclic) bond motifs is 1. The normalized spacial score (nSPS) is 11.2. The number of nitrogens with zero attached hydrogens (tertiary/aromatic N) is 2. The van der Waals surface area contributed by atoms with Crippen molar-refractivity contribution < 1.29 is 4.74 Å². The molecule has 0 radical (unpaired) electrons. The van der Waals surface area contributed by atoms with Crippen LogP contribution in [0.2, 0.25) is 0 Å². The number of ether oxygens (including phenoxy) is 1. The fraction of sp³-hybridized carbons (Fsp3) is 0.235. The van der Waals surface area contributed by atoms with E-state index >= 15 is 0 Å². The summed E-state index contributed by atoms with van der Waals surface area (Å²) >= 11 is 0. The Morgan fingerprint density at radius 1 is 1.19 bits per heavy atom. The molecule has 4 heteroatoms. The maximum Gasteiger partial charge on any atom is 0.139 e. The van der Waals surface area contributed by atoms with E-state index in [1.54, 1.807) is 7.11 Å². The van der Waals surface area contributed by atoms with Gasteiger partial charge in [-0.3, -0.25) is 4.40 Å². The van der Waals surface area contributed by atoms with E-state index in [0.29, 0.717) is 11.7 Å². The molecule has 0 saturated heterocycles. The number of imidazole rings is 1. The molecule has 0 spiro atoms. The Morgan fingerprint density at radius 2 is 2.00 bits per heavy atom. The van der Waals surface area contributed by atoms with Crippen molar-refractivity contribution in [2.45, 2.75) is 19.8 Å². The minimum atomic E-state index is 0.438. The fourth-order valence-corrected chi connectivity index (χ4v) is 2.48. The van der Waals surface area contributed by atoms with Gasteiger partial charge >= 0.3 is 0 Å². The molecule has 2 N–H and O–H groups in total. The van der Waals surface area contributed by atoms with E-state index in [0.717, 1.165) is 22.7 Å². The molecule has 0 atom stereocenters. The number of pyridine rings is 1. The van der Waals surface area contributed by atoms with Crippen LogP contribution < -0.4 is 10.5 Å².